The van der Waals surface area contributed by atoms with Crippen LogP contribution in [0.2, 0.25) is 0 Å². The van der Waals surface area contributed by atoms with Gasteiger partial charge >= 0.3 is 0 Å². The second kappa shape index (κ2) is 7.49. The lowest BCUT2D eigenvalue weighted by molar-refractivity contribution is 0.411. The maximum atomic E-state index is 6.83. The van der Waals surface area contributed by atoms with E-state index in [0.29, 0.717) is 12.6 Å². The van der Waals surface area contributed by atoms with Gasteiger partial charge in [0.1, 0.15) is 11.5 Å². The summed E-state index contributed by atoms with van der Waals surface area (Å²) in [6.07, 6.45) is 0. The van der Waals surface area contributed by atoms with E-state index in [1.165, 1.54) is 0 Å². The van der Waals surface area contributed by atoms with Gasteiger partial charge in [0.05, 0.1) is 19.8 Å². The molecule has 0 spiro atoms. The standard InChI is InChI=1S/C19H26N2O2/c1-14(2)21-13-19(20,15-5-9-17(22-3)10-6-15)16-7-11-18(23-4)12-8-16/h5-12,14,21H,13,20H2,1-4H3. The summed E-state index contributed by atoms with van der Waals surface area (Å²) >= 11 is 0. The molecular weight excluding hydrogens is 288 g/mol. The van der Waals surface area contributed by atoms with Crippen LogP contribution >= 0.6 is 0 Å². The summed E-state index contributed by atoms with van der Waals surface area (Å²) in [6, 6.07) is 16.2. The number of hydrogen-bond donors (Lipinski definition) is 2. The van der Waals surface area contributed by atoms with Gasteiger partial charge in [-0.25, -0.2) is 0 Å². The first-order valence-corrected chi connectivity index (χ1v) is 7.81. The Bertz CT molecular complexity index is 559. The summed E-state index contributed by atoms with van der Waals surface area (Å²) in [6.45, 7) is 4.87. The highest BCUT2D eigenvalue weighted by Crippen LogP contribution is 2.29. The lowest BCUT2D eigenvalue weighted by atomic mass is 9.83. The van der Waals surface area contributed by atoms with Crippen molar-refractivity contribution in [2.45, 2.75) is 25.4 Å². The molecule has 0 unspecified atom stereocenters. The molecule has 0 fully saturated rings. The molecule has 0 aliphatic heterocycles. The second-order valence-electron chi connectivity index (χ2n) is 5.96. The predicted octanol–water partition coefficient (Wildman–Crippen LogP) is 2.90. The number of methoxy groups -OCH3 is 2. The Morgan fingerprint density at radius 1 is 0.870 bits per heavy atom. The quantitative estimate of drug-likeness (QED) is 0.825. The molecule has 2 rings (SSSR count). The number of benzene rings is 2. The average Bonchev–Trinajstić information content (AvgIpc) is 2.59. The summed E-state index contributed by atoms with van der Waals surface area (Å²) in [5, 5.41) is 3.45. The molecule has 0 saturated heterocycles. The van der Waals surface area contributed by atoms with Gasteiger partial charge in [-0.05, 0) is 35.4 Å². The molecule has 0 saturated carbocycles. The molecule has 0 bridgehead atoms. The van der Waals surface area contributed by atoms with E-state index in [9.17, 15) is 0 Å². The van der Waals surface area contributed by atoms with Crippen molar-refractivity contribution >= 4 is 0 Å². The smallest absolute Gasteiger partial charge is 0.118 e. The Morgan fingerprint density at radius 2 is 1.26 bits per heavy atom. The Morgan fingerprint density at radius 3 is 1.57 bits per heavy atom. The highest BCUT2D eigenvalue weighted by atomic mass is 16.5. The summed E-state index contributed by atoms with van der Waals surface area (Å²) in [5.74, 6) is 1.64. The minimum absolute atomic E-state index is 0.356. The Labute approximate surface area is 138 Å². The number of ether oxygens (including phenoxy) is 2. The third-order valence-electron chi connectivity index (χ3n) is 4.00. The zero-order chi connectivity index (χ0) is 16.9. The van der Waals surface area contributed by atoms with Gasteiger partial charge in [-0.15, -0.1) is 0 Å². The van der Waals surface area contributed by atoms with Gasteiger partial charge in [-0.2, -0.15) is 0 Å². The van der Waals surface area contributed by atoms with E-state index >= 15 is 0 Å². The van der Waals surface area contributed by atoms with Gasteiger partial charge < -0.3 is 20.5 Å². The lowest BCUT2D eigenvalue weighted by Crippen LogP contribution is -2.48. The minimum atomic E-state index is -0.622. The predicted molar refractivity (Wildman–Crippen MR) is 94.1 cm³/mol. The van der Waals surface area contributed by atoms with Crippen LogP contribution in [0.4, 0.5) is 0 Å². The fourth-order valence-corrected chi connectivity index (χ4v) is 2.51. The molecule has 0 aliphatic rings. The van der Waals surface area contributed by atoms with Crippen molar-refractivity contribution in [2.24, 2.45) is 5.73 Å². The van der Waals surface area contributed by atoms with Crippen LogP contribution in [0.1, 0.15) is 25.0 Å². The highest BCUT2D eigenvalue weighted by Gasteiger charge is 2.29. The zero-order valence-corrected chi connectivity index (χ0v) is 14.3. The Balaban J connectivity index is 2.40. The second-order valence-corrected chi connectivity index (χ2v) is 5.96. The topological polar surface area (TPSA) is 56.5 Å². The van der Waals surface area contributed by atoms with E-state index in [2.05, 4.69) is 19.2 Å². The van der Waals surface area contributed by atoms with Gasteiger partial charge in [0, 0.05) is 12.6 Å². The fraction of sp³-hybridized carbons (Fsp3) is 0.368. The number of hydrogen-bond acceptors (Lipinski definition) is 4. The molecule has 23 heavy (non-hydrogen) atoms. The molecule has 124 valence electrons. The summed E-state index contributed by atoms with van der Waals surface area (Å²) < 4.78 is 10.5. The van der Waals surface area contributed by atoms with E-state index < -0.39 is 5.54 Å². The first-order valence-electron chi connectivity index (χ1n) is 7.81. The number of nitrogens with one attached hydrogen (secondary N) is 1. The van der Waals surface area contributed by atoms with Crippen LogP contribution in [0.5, 0.6) is 11.5 Å². The normalized spacial score (nSPS) is 11.6. The van der Waals surface area contributed by atoms with Gasteiger partial charge in [-0.3, -0.25) is 0 Å². The van der Waals surface area contributed by atoms with Crippen molar-refractivity contribution in [3.05, 3.63) is 59.7 Å². The molecule has 3 N–H and O–H groups in total. The van der Waals surface area contributed by atoms with Gasteiger partial charge in [0.25, 0.3) is 0 Å². The number of nitrogens with two attached hydrogens (primary N) is 1. The van der Waals surface area contributed by atoms with Crippen LogP contribution in [0.3, 0.4) is 0 Å². The van der Waals surface area contributed by atoms with E-state index in [-0.39, 0.29) is 0 Å². The Hall–Kier alpha value is -2.04. The van der Waals surface area contributed by atoms with Crippen LogP contribution in [0.15, 0.2) is 48.5 Å². The maximum absolute atomic E-state index is 6.83. The van der Waals surface area contributed by atoms with Crippen LogP contribution in [-0.4, -0.2) is 26.8 Å². The van der Waals surface area contributed by atoms with Crippen LogP contribution in [0, 0.1) is 0 Å². The minimum Gasteiger partial charge on any atom is -0.497 e. The zero-order valence-electron chi connectivity index (χ0n) is 14.3. The first-order chi connectivity index (χ1) is 11.0. The van der Waals surface area contributed by atoms with Gasteiger partial charge in [0.15, 0.2) is 0 Å². The van der Waals surface area contributed by atoms with E-state index in [0.717, 1.165) is 22.6 Å². The lowest BCUT2D eigenvalue weighted by Gasteiger charge is -2.32. The Kier molecular flexibility index (Phi) is 5.64. The molecule has 0 heterocycles. The molecule has 2 aromatic carbocycles. The van der Waals surface area contributed by atoms with E-state index in [1.54, 1.807) is 14.2 Å². The van der Waals surface area contributed by atoms with Crippen LogP contribution < -0.4 is 20.5 Å². The van der Waals surface area contributed by atoms with Gasteiger partial charge in [-0.1, -0.05) is 38.1 Å². The molecule has 4 nitrogen and oxygen atoms in total. The van der Waals surface area contributed by atoms with Crippen molar-refractivity contribution in [1.29, 1.82) is 0 Å². The molecule has 2 aromatic rings. The summed E-state index contributed by atoms with van der Waals surface area (Å²) in [5.41, 5.74) is 8.28. The monoisotopic (exact) mass is 314 g/mol. The SMILES string of the molecule is COc1ccc(C(N)(CNC(C)C)c2ccc(OC)cc2)cc1. The van der Waals surface area contributed by atoms with Gasteiger partial charge in [0.2, 0.25) is 0 Å². The summed E-state index contributed by atoms with van der Waals surface area (Å²) in [4.78, 5) is 0. The van der Waals surface area contributed by atoms with Crippen molar-refractivity contribution in [2.75, 3.05) is 20.8 Å². The molecule has 0 aliphatic carbocycles. The number of rotatable bonds is 7. The van der Waals surface area contributed by atoms with Crippen LogP contribution in [-0.2, 0) is 5.54 Å². The first kappa shape index (κ1) is 17.3. The fourth-order valence-electron chi connectivity index (χ4n) is 2.51. The van der Waals surface area contributed by atoms with Crippen molar-refractivity contribution in [3.8, 4) is 11.5 Å². The molecule has 0 atom stereocenters. The largest absolute Gasteiger partial charge is 0.497 e. The molecule has 0 amide bonds. The molecule has 0 radical (unpaired) electrons. The van der Waals surface area contributed by atoms with E-state index in [4.69, 9.17) is 15.2 Å². The van der Waals surface area contributed by atoms with Crippen molar-refractivity contribution in [3.63, 3.8) is 0 Å². The molecule has 4 heteroatoms. The molecular formula is C19H26N2O2. The average molecular weight is 314 g/mol. The third-order valence-corrected chi connectivity index (χ3v) is 4.00. The maximum Gasteiger partial charge on any atom is 0.118 e. The molecule has 0 aromatic heterocycles. The van der Waals surface area contributed by atoms with Crippen molar-refractivity contribution in [1.82, 2.24) is 5.32 Å². The third kappa shape index (κ3) is 4.03. The summed E-state index contributed by atoms with van der Waals surface area (Å²) in [7, 11) is 3.32. The van der Waals surface area contributed by atoms with E-state index in [1.807, 2.05) is 48.5 Å². The highest BCUT2D eigenvalue weighted by molar-refractivity contribution is 5.42. The van der Waals surface area contributed by atoms with Crippen molar-refractivity contribution < 1.29 is 9.47 Å². The van der Waals surface area contributed by atoms with Crippen LogP contribution in [0.25, 0.3) is 0 Å².